The molecule has 1 N–H and O–H groups in total. The van der Waals surface area contributed by atoms with Crippen molar-refractivity contribution in [1.82, 2.24) is 10.2 Å². The predicted octanol–water partition coefficient (Wildman–Crippen LogP) is 3.68. The molecule has 0 aliphatic carbocycles. The third-order valence-corrected chi connectivity index (χ3v) is 4.20. The van der Waals surface area contributed by atoms with Gasteiger partial charge in [0.2, 0.25) is 11.8 Å². The summed E-state index contributed by atoms with van der Waals surface area (Å²) in [5.74, 6) is -0.0503. The first kappa shape index (κ1) is 17.6. The molecular weight excluding hydrogens is 356 g/mol. The fourth-order valence-electron chi connectivity index (χ4n) is 2.18. The van der Waals surface area contributed by atoms with Crippen LogP contribution in [0.1, 0.15) is 5.56 Å². The Bertz CT molecular complexity index is 943. The monoisotopic (exact) mass is 370 g/mol. The van der Waals surface area contributed by atoms with Gasteiger partial charge in [-0.15, -0.1) is 10.2 Å². The van der Waals surface area contributed by atoms with E-state index in [0.29, 0.717) is 5.89 Å². The van der Waals surface area contributed by atoms with E-state index in [1.165, 1.54) is 12.1 Å². The van der Waals surface area contributed by atoms with E-state index in [4.69, 9.17) is 4.42 Å². The molecule has 0 spiro atoms. The van der Waals surface area contributed by atoms with Crippen LogP contribution in [0.2, 0.25) is 0 Å². The number of hydrogen-bond donors (Lipinski definition) is 1. The first-order valence-electron chi connectivity index (χ1n) is 7.59. The van der Waals surface area contributed by atoms with Crippen molar-refractivity contribution in [2.75, 3.05) is 11.1 Å². The Hall–Kier alpha value is -3.20. The summed E-state index contributed by atoms with van der Waals surface area (Å²) in [6.45, 7) is 1.74. The SMILES string of the molecule is Cc1ccc(NC(=O)CSc2nnc(-c3ccccc3)o2)c([N+](=O)[O-])c1. The lowest BCUT2D eigenvalue weighted by Gasteiger charge is -2.05. The molecule has 2 aromatic carbocycles. The number of nitro groups is 1. The predicted molar refractivity (Wildman–Crippen MR) is 96.9 cm³/mol. The highest BCUT2D eigenvalue weighted by Gasteiger charge is 2.17. The topological polar surface area (TPSA) is 111 Å². The van der Waals surface area contributed by atoms with E-state index >= 15 is 0 Å². The van der Waals surface area contributed by atoms with Crippen molar-refractivity contribution in [2.24, 2.45) is 0 Å². The Labute approximate surface area is 152 Å². The largest absolute Gasteiger partial charge is 0.411 e. The Morgan fingerprint density at radius 1 is 1.23 bits per heavy atom. The van der Waals surface area contributed by atoms with E-state index in [2.05, 4.69) is 15.5 Å². The molecule has 0 saturated carbocycles. The van der Waals surface area contributed by atoms with Gasteiger partial charge in [0.05, 0.1) is 10.7 Å². The van der Waals surface area contributed by atoms with Gasteiger partial charge in [-0.25, -0.2) is 0 Å². The van der Waals surface area contributed by atoms with E-state index < -0.39 is 10.8 Å². The van der Waals surface area contributed by atoms with E-state index in [0.717, 1.165) is 22.9 Å². The van der Waals surface area contributed by atoms with Crippen molar-refractivity contribution < 1.29 is 14.1 Å². The minimum Gasteiger partial charge on any atom is -0.411 e. The average Bonchev–Trinajstić information content (AvgIpc) is 3.11. The van der Waals surface area contributed by atoms with Crippen LogP contribution < -0.4 is 5.32 Å². The van der Waals surface area contributed by atoms with E-state index in [1.54, 1.807) is 13.0 Å². The van der Waals surface area contributed by atoms with Crippen molar-refractivity contribution in [1.29, 1.82) is 0 Å². The molecule has 3 rings (SSSR count). The molecular formula is C17H14N4O4S. The van der Waals surface area contributed by atoms with E-state index in [1.807, 2.05) is 30.3 Å². The number of anilines is 1. The van der Waals surface area contributed by atoms with Gasteiger partial charge in [-0.05, 0) is 30.7 Å². The minimum absolute atomic E-state index is 0.0124. The Balaban J connectivity index is 1.62. The first-order chi connectivity index (χ1) is 12.5. The summed E-state index contributed by atoms with van der Waals surface area (Å²) in [5, 5.41) is 21.7. The van der Waals surface area contributed by atoms with Crippen LogP contribution in [0.4, 0.5) is 11.4 Å². The quantitative estimate of drug-likeness (QED) is 0.400. The molecule has 1 aromatic heterocycles. The smallest absolute Gasteiger partial charge is 0.293 e. The number of aryl methyl sites for hydroxylation is 1. The second kappa shape index (κ2) is 7.79. The highest BCUT2D eigenvalue weighted by Crippen LogP contribution is 2.26. The van der Waals surface area contributed by atoms with Gasteiger partial charge in [0.15, 0.2) is 0 Å². The number of rotatable bonds is 6. The molecule has 0 bridgehead atoms. The zero-order chi connectivity index (χ0) is 18.5. The second-order valence-corrected chi connectivity index (χ2v) is 6.28. The summed E-state index contributed by atoms with van der Waals surface area (Å²) in [4.78, 5) is 22.6. The van der Waals surface area contributed by atoms with Crippen molar-refractivity contribution in [2.45, 2.75) is 12.1 Å². The Morgan fingerprint density at radius 3 is 2.73 bits per heavy atom. The van der Waals surface area contributed by atoms with Crippen LogP contribution in [-0.4, -0.2) is 26.8 Å². The summed E-state index contributed by atoms with van der Waals surface area (Å²) >= 11 is 1.06. The lowest BCUT2D eigenvalue weighted by Crippen LogP contribution is -2.15. The number of amides is 1. The maximum absolute atomic E-state index is 12.1. The number of benzene rings is 2. The fraction of sp³-hybridized carbons (Fsp3) is 0.118. The van der Waals surface area contributed by atoms with Crippen molar-refractivity contribution in [3.63, 3.8) is 0 Å². The van der Waals surface area contributed by atoms with Gasteiger partial charge >= 0.3 is 0 Å². The number of aromatic nitrogens is 2. The van der Waals surface area contributed by atoms with Crippen molar-refractivity contribution in [3.05, 3.63) is 64.2 Å². The zero-order valence-electron chi connectivity index (χ0n) is 13.7. The second-order valence-electron chi connectivity index (χ2n) is 5.35. The van der Waals surface area contributed by atoms with Gasteiger partial charge in [-0.3, -0.25) is 14.9 Å². The number of nitrogens with one attached hydrogen (secondary N) is 1. The molecule has 0 aliphatic heterocycles. The molecule has 0 saturated heterocycles. The summed E-state index contributed by atoms with van der Waals surface area (Å²) in [7, 11) is 0. The standard InChI is InChI=1S/C17H14N4O4S/c1-11-7-8-13(14(9-11)21(23)24)18-15(22)10-26-17-20-19-16(25-17)12-5-3-2-4-6-12/h2-9H,10H2,1H3,(H,18,22). The van der Waals surface area contributed by atoms with E-state index in [-0.39, 0.29) is 22.4 Å². The summed E-state index contributed by atoms with van der Waals surface area (Å²) in [5.41, 5.74) is 1.53. The lowest BCUT2D eigenvalue weighted by molar-refractivity contribution is -0.384. The van der Waals surface area contributed by atoms with Gasteiger partial charge in [0.25, 0.3) is 10.9 Å². The molecule has 0 fully saturated rings. The van der Waals surface area contributed by atoms with Crippen LogP contribution in [0.15, 0.2) is 58.2 Å². The number of hydrogen-bond acceptors (Lipinski definition) is 7. The van der Waals surface area contributed by atoms with Gasteiger partial charge in [0.1, 0.15) is 5.69 Å². The number of nitro benzene ring substituents is 1. The molecule has 0 unspecified atom stereocenters. The highest BCUT2D eigenvalue weighted by atomic mass is 32.2. The number of nitrogens with zero attached hydrogens (tertiary/aromatic N) is 3. The van der Waals surface area contributed by atoms with Gasteiger partial charge in [-0.1, -0.05) is 36.0 Å². The van der Waals surface area contributed by atoms with Crippen LogP contribution in [0.3, 0.4) is 0 Å². The molecule has 0 radical (unpaired) electrons. The maximum Gasteiger partial charge on any atom is 0.293 e. The molecule has 8 nitrogen and oxygen atoms in total. The molecule has 9 heteroatoms. The van der Waals surface area contributed by atoms with Crippen LogP contribution in [0.5, 0.6) is 0 Å². The Morgan fingerprint density at radius 2 is 2.00 bits per heavy atom. The van der Waals surface area contributed by atoms with Crippen molar-refractivity contribution in [3.8, 4) is 11.5 Å². The summed E-state index contributed by atoms with van der Waals surface area (Å²) in [6, 6.07) is 13.9. The maximum atomic E-state index is 12.1. The zero-order valence-corrected chi connectivity index (χ0v) is 14.5. The lowest BCUT2D eigenvalue weighted by atomic mass is 10.2. The fourth-order valence-corrected chi connectivity index (χ4v) is 2.74. The molecule has 0 aliphatic rings. The van der Waals surface area contributed by atoms with Crippen LogP contribution >= 0.6 is 11.8 Å². The third kappa shape index (κ3) is 4.25. The number of carbonyl (C=O) groups is 1. The van der Waals surface area contributed by atoms with Gasteiger partial charge in [-0.2, -0.15) is 0 Å². The molecule has 0 atom stereocenters. The van der Waals surface area contributed by atoms with Crippen LogP contribution in [0.25, 0.3) is 11.5 Å². The normalized spacial score (nSPS) is 10.5. The van der Waals surface area contributed by atoms with Crippen LogP contribution in [0, 0.1) is 17.0 Å². The minimum atomic E-state index is -0.528. The molecule has 1 amide bonds. The Kier molecular flexibility index (Phi) is 5.28. The highest BCUT2D eigenvalue weighted by molar-refractivity contribution is 7.99. The molecule has 1 heterocycles. The number of carbonyl (C=O) groups excluding carboxylic acids is 1. The molecule has 132 valence electrons. The molecule has 3 aromatic rings. The first-order valence-corrected chi connectivity index (χ1v) is 8.58. The van der Waals surface area contributed by atoms with Crippen LogP contribution in [-0.2, 0) is 4.79 Å². The third-order valence-electron chi connectivity index (χ3n) is 3.38. The molecule has 26 heavy (non-hydrogen) atoms. The number of thioether (sulfide) groups is 1. The van der Waals surface area contributed by atoms with Gasteiger partial charge < -0.3 is 9.73 Å². The van der Waals surface area contributed by atoms with Crippen molar-refractivity contribution >= 4 is 29.0 Å². The van der Waals surface area contributed by atoms with E-state index in [9.17, 15) is 14.9 Å². The summed E-state index contributed by atoms with van der Waals surface area (Å²) in [6.07, 6.45) is 0. The summed E-state index contributed by atoms with van der Waals surface area (Å²) < 4.78 is 5.50. The average molecular weight is 370 g/mol. The van der Waals surface area contributed by atoms with Gasteiger partial charge in [0, 0.05) is 11.6 Å².